The average Bonchev–Trinajstić information content (AvgIpc) is 3.70. The van der Waals surface area contributed by atoms with E-state index in [4.69, 9.17) is 24.7 Å². The highest BCUT2D eigenvalue weighted by molar-refractivity contribution is 5.63. The summed E-state index contributed by atoms with van der Waals surface area (Å²) in [5, 5.41) is 0. The van der Waals surface area contributed by atoms with Gasteiger partial charge in [0.25, 0.3) is 0 Å². The minimum absolute atomic E-state index is 0.00131. The molecule has 2 aromatic carbocycles. The van der Waals surface area contributed by atoms with Gasteiger partial charge in [-0.25, -0.2) is 0 Å². The van der Waals surface area contributed by atoms with Crippen molar-refractivity contribution in [1.82, 2.24) is 4.90 Å². The zero-order chi connectivity index (χ0) is 25.7. The van der Waals surface area contributed by atoms with Crippen molar-refractivity contribution >= 4 is 0 Å². The van der Waals surface area contributed by atoms with Gasteiger partial charge < -0.3 is 24.7 Å². The van der Waals surface area contributed by atoms with Gasteiger partial charge in [0.05, 0.1) is 7.11 Å². The lowest BCUT2D eigenvalue weighted by molar-refractivity contribution is -0.275. The Morgan fingerprint density at radius 1 is 1.05 bits per heavy atom. The predicted octanol–water partition coefficient (Wildman–Crippen LogP) is 4.46. The third-order valence-corrected chi connectivity index (χ3v) is 11.6. The van der Waals surface area contributed by atoms with Gasteiger partial charge in [-0.1, -0.05) is 18.2 Å². The molecule has 5 fully saturated rings. The van der Waals surface area contributed by atoms with E-state index in [0.29, 0.717) is 25.1 Å². The summed E-state index contributed by atoms with van der Waals surface area (Å²) in [6.07, 6.45) is 8.46. The topological polar surface area (TPSA) is 66.2 Å². The second-order valence-corrected chi connectivity index (χ2v) is 12.9. The maximum Gasteiger partial charge on any atom is 0.166 e. The lowest BCUT2D eigenvalue weighted by Gasteiger charge is -2.74. The third-order valence-electron chi connectivity index (χ3n) is 11.6. The SMILES string of the molecule is COc1ccc(COc2ccc3c4c2OC2[C@@]5(OC)CC[C@@]6(C[C@@H]5CN)[C@@H](C3)N(CC3CC3)CC[C@]426)cc1. The second-order valence-electron chi connectivity index (χ2n) is 12.9. The molecule has 9 rings (SSSR count). The second kappa shape index (κ2) is 8.12. The molecule has 2 aromatic rings. The molecule has 2 heterocycles. The summed E-state index contributed by atoms with van der Waals surface area (Å²) in [7, 11) is 3.59. The van der Waals surface area contributed by atoms with Crippen molar-refractivity contribution in [2.45, 2.75) is 74.7 Å². The Morgan fingerprint density at radius 2 is 1.89 bits per heavy atom. The summed E-state index contributed by atoms with van der Waals surface area (Å²) in [5.41, 5.74) is 10.4. The molecule has 2 N–H and O–H groups in total. The van der Waals surface area contributed by atoms with E-state index >= 15 is 0 Å². The molecule has 1 unspecified atom stereocenters. The van der Waals surface area contributed by atoms with Gasteiger partial charge in [0.15, 0.2) is 11.5 Å². The number of hydrogen-bond acceptors (Lipinski definition) is 6. The number of benzene rings is 2. The van der Waals surface area contributed by atoms with Gasteiger partial charge in [0.1, 0.15) is 24.1 Å². The van der Waals surface area contributed by atoms with Crippen molar-refractivity contribution in [2.75, 3.05) is 33.9 Å². The highest BCUT2D eigenvalue weighted by Crippen LogP contribution is 2.76. The van der Waals surface area contributed by atoms with Crippen LogP contribution in [-0.2, 0) is 23.2 Å². The van der Waals surface area contributed by atoms with Gasteiger partial charge in [0, 0.05) is 42.0 Å². The van der Waals surface area contributed by atoms with E-state index in [-0.39, 0.29) is 22.5 Å². The minimum atomic E-state index is -0.333. The molecule has 0 amide bonds. The van der Waals surface area contributed by atoms with Gasteiger partial charge in [-0.3, -0.25) is 4.90 Å². The number of methoxy groups -OCH3 is 2. The molecule has 2 spiro atoms. The number of ether oxygens (including phenoxy) is 4. The normalized spacial score (nSPS) is 38.0. The molecule has 38 heavy (non-hydrogen) atoms. The van der Waals surface area contributed by atoms with E-state index in [9.17, 15) is 0 Å². The number of likely N-dealkylation sites (tertiary alicyclic amines) is 1. The monoisotopic (exact) mass is 516 g/mol. The highest BCUT2D eigenvalue weighted by Gasteiger charge is 2.80. The van der Waals surface area contributed by atoms with Gasteiger partial charge in [0.2, 0.25) is 0 Å². The van der Waals surface area contributed by atoms with Crippen molar-refractivity contribution in [3.05, 3.63) is 53.1 Å². The van der Waals surface area contributed by atoms with E-state index in [1.807, 2.05) is 19.2 Å². The molecule has 6 heteroatoms. The minimum Gasteiger partial charge on any atom is -0.497 e. The average molecular weight is 517 g/mol. The lowest BCUT2D eigenvalue weighted by Crippen LogP contribution is -2.81. The van der Waals surface area contributed by atoms with E-state index in [2.05, 4.69) is 29.2 Å². The molecule has 1 saturated heterocycles. The molecule has 7 aliphatic rings. The van der Waals surface area contributed by atoms with Crippen molar-refractivity contribution in [3.63, 3.8) is 0 Å². The Hall–Kier alpha value is -2.28. The predicted molar refractivity (Wildman–Crippen MR) is 145 cm³/mol. The van der Waals surface area contributed by atoms with Crippen molar-refractivity contribution in [2.24, 2.45) is 23.0 Å². The van der Waals surface area contributed by atoms with E-state index in [1.165, 1.54) is 36.9 Å². The van der Waals surface area contributed by atoms with Crippen LogP contribution < -0.4 is 19.9 Å². The summed E-state index contributed by atoms with van der Waals surface area (Å²) in [6.45, 7) is 3.58. The molecule has 4 bridgehead atoms. The Kier molecular flexibility index (Phi) is 5.04. The first-order valence-electron chi connectivity index (χ1n) is 14.7. The fourth-order valence-electron chi connectivity index (χ4n) is 9.81. The first-order valence-corrected chi connectivity index (χ1v) is 14.7. The number of piperidine rings is 1. The zero-order valence-corrected chi connectivity index (χ0v) is 22.7. The van der Waals surface area contributed by atoms with Gasteiger partial charge in [-0.15, -0.1) is 0 Å². The van der Waals surface area contributed by atoms with Crippen LogP contribution in [0.15, 0.2) is 36.4 Å². The van der Waals surface area contributed by atoms with Crippen LogP contribution in [0.1, 0.15) is 55.2 Å². The number of rotatable bonds is 8. The maximum atomic E-state index is 7.17. The zero-order valence-electron chi connectivity index (χ0n) is 22.7. The van der Waals surface area contributed by atoms with Crippen LogP contribution in [0.5, 0.6) is 17.2 Å². The summed E-state index contributed by atoms with van der Waals surface area (Å²) < 4.78 is 25.5. The molecule has 202 valence electrons. The first kappa shape index (κ1) is 23.6. The molecule has 4 saturated carbocycles. The Labute approximate surface area is 225 Å². The van der Waals surface area contributed by atoms with Gasteiger partial charge in [-0.05, 0) is 93.3 Å². The fraction of sp³-hybridized carbons (Fsp3) is 0.625. The summed E-state index contributed by atoms with van der Waals surface area (Å²) >= 11 is 0. The Bertz CT molecular complexity index is 1260. The Balaban J connectivity index is 1.23. The van der Waals surface area contributed by atoms with Crippen molar-refractivity contribution in [1.29, 1.82) is 0 Å². The summed E-state index contributed by atoms with van der Waals surface area (Å²) in [4.78, 5) is 2.88. The van der Waals surface area contributed by atoms with Crippen molar-refractivity contribution < 1.29 is 18.9 Å². The molecule has 6 nitrogen and oxygen atoms in total. The third kappa shape index (κ3) is 2.84. The molecular weight excluding hydrogens is 476 g/mol. The number of hydrogen-bond donors (Lipinski definition) is 1. The largest absolute Gasteiger partial charge is 0.497 e. The lowest BCUT2D eigenvalue weighted by atomic mass is 9.35. The van der Waals surface area contributed by atoms with Gasteiger partial charge in [-0.2, -0.15) is 0 Å². The molecule has 6 atom stereocenters. The van der Waals surface area contributed by atoms with Crippen LogP contribution >= 0.6 is 0 Å². The number of nitrogens with zero attached hydrogens (tertiary/aromatic N) is 1. The maximum absolute atomic E-state index is 7.17. The molecule has 0 radical (unpaired) electrons. The molecule has 0 aromatic heterocycles. The van der Waals surface area contributed by atoms with E-state index < -0.39 is 0 Å². The quantitative estimate of drug-likeness (QED) is 0.559. The smallest absolute Gasteiger partial charge is 0.166 e. The van der Waals surface area contributed by atoms with E-state index in [1.54, 1.807) is 7.11 Å². The Morgan fingerprint density at radius 3 is 2.63 bits per heavy atom. The van der Waals surface area contributed by atoms with E-state index in [0.717, 1.165) is 61.0 Å². The van der Waals surface area contributed by atoms with Crippen LogP contribution in [-0.4, -0.2) is 56.5 Å². The number of fused-ring (bicyclic) bond motifs is 2. The molecular formula is C32H40N2O4. The number of nitrogens with two attached hydrogens (primary N) is 1. The fourth-order valence-corrected chi connectivity index (χ4v) is 9.81. The molecule has 2 aliphatic heterocycles. The summed E-state index contributed by atoms with van der Waals surface area (Å²) in [6, 6.07) is 13.2. The standard InChI is InChI=1S/C32H40N2O4/c1-35-24-8-5-21(6-9-24)19-37-25-10-7-22-15-26-30-11-12-32(36-2,23(16-30)17-33)29-31(30,27(22)28(25)38-29)13-14-34(26)18-20-3-4-20/h5-10,20,23,26,29H,3-4,11-19,33H2,1-2H3/t23-,26-,29?,30-,31+,32-/m1/s1. The van der Waals surface area contributed by atoms with Crippen LogP contribution in [0.25, 0.3) is 0 Å². The summed E-state index contributed by atoms with van der Waals surface area (Å²) in [5.74, 6) is 3.93. The van der Waals surface area contributed by atoms with Crippen LogP contribution in [0.3, 0.4) is 0 Å². The van der Waals surface area contributed by atoms with Crippen molar-refractivity contribution in [3.8, 4) is 17.2 Å². The molecule has 5 aliphatic carbocycles. The van der Waals surface area contributed by atoms with Crippen LogP contribution in [0.2, 0.25) is 0 Å². The highest BCUT2D eigenvalue weighted by atomic mass is 16.6. The van der Waals surface area contributed by atoms with Gasteiger partial charge >= 0.3 is 0 Å². The van der Waals surface area contributed by atoms with Crippen LogP contribution in [0.4, 0.5) is 0 Å². The van der Waals surface area contributed by atoms with Crippen LogP contribution in [0, 0.1) is 17.3 Å². The first-order chi connectivity index (χ1) is 18.6.